The summed E-state index contributed by atoms with van der Waals surface area (Å²) in [5.41, 5.74) is 6.12. The second-order valence-electron chi connectivity index (χ2n) is 2.81. The van der Waals surface area contributed by atoms with E-state index >= 15 is 0 Å². The van der Waals surface area contributed by atoms with Crippen molar-refractivity contribution >= 4 is 23.0 Å². The highest BCUT2D eigenvalue weighted by atomic mass is 35.5. The molecule has 0 aromatic carbocycles. The van der Waals surface area contributed by atoms with Crippen LogP contribution in [0.1, 0.15) is 10.5 Å². The van der Waals surface area contributed by atoms with E-state index in [4.69, 9.17) is 17.3 Å². The number of rotatable bonds is 2. The molecule has 4 nitrogen and oxygen atoms in total. The molecule has 2 heterocycles. The van der Waals surface area contributed by atoms with Gasteiger partial charge in [-0.2, -0.15) is 0 Å². The van der Waals surface area contributed by atoms with Crippen molar-refractivity contribution < 1.29 is 4.79 Å². The molecule has 2 rings (SSSR count). The van der Waals surface area contributed by atoms with E-state index in [0.717, 1.165) is 0 Å². The molecular formula is C9H8ClN3O. The second-order valence-corrected chi connectivity index (χ2v) is 3.17. The van der Waals surface area contributed by atoms with Crippen LogP contribution in [0.2, 0.25) is 5.15 Å². The zero-order chi connectivity index (χ0) is 10.1. The molecule has 0 bridgehead atoms. The Bertz CT molecular complexity index is 492. The Balaban J connectivity index is 2.68. The number of halogens is 1. The number of hydrogen-bond acceptors (Lipinski definition) is 3. The average Bonchev–Trinajstić information content (AvgIpc) is 2.56. The lowest BCUT2D eigenvalue weighted by atomic mass is 10.3. The molecule has 0 unspecified atom stereocenters. The van der Waals surface area contributed by atoms with E-state index in [9.17, 15) is 4.79 Å². The number of hydrogen-bond donors (Lipinski definition) is 1. The first-order chi connectivity index (χ1) is 6.74. The molecule has 0 fully saturated rings. The fourth-order valence-electron chi connectivity index (χ4n) is 1.24. The van der Waals surface area contributed by atoms with Crippen LogP contribution in [0.15, 0.2) is 24.4 Å². The first kappa shape index (κ1) is 9.18. The Morgan fingerprint density at radius 3 is 3.00 bits per heavy atom. The minimum Gasteiger partial charge on any atom is -0.324 e. The number of nitrogens with two attached hydrogens (primary N) is 1. The maximum absolute atomic E-state index is 11.3. The molecule has 0 saturated carbocycles. The van der Waals surface area contributed by atoms with E-state index in [2.05, 4.69) is 4.98 Å². The summed E-state index contributed by atoms with van der Waals surface area (Å²) in [4.78, 5) is 15.4. The van der Waals surface area contributed by atoms with Crippen LogP contribution in [-0.2, 0) is 0 Å². The van der Waals surface area contributed by atoms with Crippen LogP contribution in [0, 0.1) is 0 Å². The zero-order valence-corrected chi connectivity index (χ0v) is 8.03. The molecule has 0 spiro atoms. The number of ketones is 1. The van der Waals surface area contributed by atoms with E-state index in [0.29, 0.717) is 10.8 Å². The molecule has 0 aliphatic heterocycles. The Kier molecular flexibility index (Phi) is 2.23. The third-order valence-electron chi connectivity index (χ3n) is 1.92. The summed E-state index contributed by atoms with van der Waals surface area (Å²) >= 11 is 5.95. The minimum absolute atomic E-state index is 0.0798. The van der Waals surface area contributed by atoms with Crippen LogP contribution in [0.3, 0.4) is 0 Å². The number of nitrogens with zero attached hydrogens (tertiary/aromatic N) is 2. The molecule has 2 aromatic rings. The SMILES string of the molecule is NCC(=O)c1nc2ccccn2c1Cl. The summed E-state index contributed by atoms with van der Waals surface area (Å²) in [6.07, 6.45) is 1.75. The predicted octanol–water partition coefficient (Wildman–Crippen LogP) is 1.13. The number of fused-ring (bicyclic) bond motifs is 1. The molecule has 0 saturated heterocycles. The van der Waals surface area contributed by atoms with Gasteiger partial charge in [-0.15, -0.1) is 0 Å². The smallest absolute Gasteiger partial charge is 0.197 e. The van der Waals surface area contributed by atoms with Gasteiger partial charge in [-0.05, 0) is 12.1 Å². The monoisotopic (exact) mass is 209 g/mol. The van der Waals surface area contributed by atoms with E-state index < -0.39 is 0 Å². The van der Waals surface area contributed by atoms with Gasteiger partial charge in [-0.1, -0.05) is 17.7 Å². The Labute approximate surface area is 85.3 Å². The van der Waals surface area contributed by atoms with E-state index in [-0.39, 0.29) is 18.0 Å². The van der Waals surface area contributed by atoms with Gasteiger partial charge in [0.25, 0.3) is 0 Å². The Hall–Kier alpha value is -1.39. The van der Waals surface area contributed by atoms with Gasteiger partial charge in [0, 0.05) is 6.20 Å². The Morgan fingerprint density at radius 2 is 2.36 bits per heavy atom. The molecule has 2 aromatic heterocycles. The van der Waals surface area contributed by atoms with Gasteiger partial charge >= 0.3 is 0 Å². The van der Waals surface area contributed by atoms with Crippen molar-refractivity contribution in [1.29, 1.82) is 0 Å². The van der Waals surface area contributed by atoms with Crippen molar-refractivity contribution in [3.8, 4) is 0 Å². The van der Waals surface area contributed by atoms with Gasteiger partial charge in [-0.3, -0.25) is 9.20 Å². The van der Waals surface area contributed by atoms with Crippen LogP contribution in [-0.4, -0.2) is 21.7 Å². The van der Waals surface area contributed by atoms with Gasteiger partial charge < -0.3 is 5.73 Å². The summed E-state index contributed by atoms with van der Waals surface area (Å²) in [6.45, 7) is -0.0798. The van der Waals surface area contributed by atoms with Gasteiger partial charge in [0.15, 0.2) is 5.78 Å². The summed E-state index contributed by atoms with van der Waals surface area (Å²) < 4.78 is 1.64. The van der Waals surface area contributed by atoms with Crippen LogP contribution >= 0.6 is 11.6 Å². The maximum atomic E-state index is 11.3. The highest BCUT2D eigenvalue weighted by Gasteiger charge is 2.15. The molecule has 2 N–H and O–H groups in total. The standard InChI is InChI=1S/C9H8ClN3O/c10-9-8(6(14)5-11)12-7-3-1-2-4-13(7)9/h1-4H,5,11H2. The van der Waals surface area contributed by atoms with Crippen LogP contribution < -0.4 is 5.73 Å². The number of pyridine rings is 1. The van der Waals surface area contributed by atoms with Crippen LogP contribution in [0.5, 0.6) is 0 Å². The van der Waals surface area contributed by atoms with Crippen molar-refractivity contribution in [2.75, 3.05) is 6.54 Å². The largest absolute Gasteiger partial charge is 0.324 e. The molecule has 0 aliphatic carbocycles. The summed E-state index contributed by atoms with van der Waals surface area (Å²) in [5.74, 6) is -0.251. The normalized spacial score (nSPS) is 10.7. The molecule has 0 radical (unpaired) electrons. The maximum Gasteiger partial charge on any atom is 0.197 e. The first-order valence-electron chi connectivity index (χ1n) is 4.10. The van der Waals surface area contributed by atoms with Gasteiger partial charge in [0.05, 0.1) is 6.54 Å². The number of Topliss-reactive ketones (excluding diaryl/α,β-unsaturated/α-hetero) is 1. The lowest BCUT2D eigenvalue weighted by Crippen LogP contribution is -2.14. The van der Waals surface area contributed by atoms with Gasteiger partial charge in [0.1, 0.15) is 16.5 Å². The van der Waals surface area contributed by atoms with Crippen molar-refractivity contribution in [2.24, 2.45) is 5.73 Å². The highest BCUT2D eigenvalue weighted by Crippen LogP contribution is 2.17. The number of carbonyl (C=O) groups excluding carboxylic acids is 1. The first-order valence-corrected chi connectivity index (χ1v) is 4.47. The third-order valence-corrected chi connectivity index (χ3v) is 2.28. The van der Waals surface area contributed by atoms with Gasteiger partial charge in [0.2, 0.25) is 0 Å². The third kappa shape index (κ3) is 1.29. The molecule has 5 heteroatoms. The fourth-order valence-corrected chi connectivity index (χ4v) is 1.53. The van der Waals surface area contributed by atoms with E-state index in [1.54, 1.807) is 16.7 Å². The number of carbonyl (C=O) groups is 1. The van der Waals surface area contributed by atoms with E-state index in [1.165, 1.54) is 0 Å². The van der Waals surface area contributed by atoms with Crippen LogP contribution in [0.25, 0.3) is 5.65 Å². The highest BCUT2D eigenvalue weighted by molar-refractivity contribution is 6.33. The van der Waals surface area contributed by atoms with Crippen molar-refractivity contribution in [2.45, 2.75) is 0 Å². The molecule has 0 aliphatic rings. The van der Waals surface area contributed by atoms with E-state index in [1.807, 2.05) is 12.1 Å². The molecule has 72 valence electrons. The zero-order valence-electron chi connectivity index (χ0n) is 7.27. The molecular weight excluding hydrogens is 202 g/mol. The lowest BCUT2D eigenvalue weighted by Gasteiger charge is -1.93. The summed E-state index contributed by atoms with van der Waals surface area (Å²) in [6, 6.07) is 5.42. The summed E-state index contributed by atoms with van der Waals surface area (Å²) in [7, 11) is 0. The Morgan fingerprint density at radius 1 is 1.57 bits per heavy atom. The molecule has 0 atom stereocenters. The second kappa shape index (κ2) is 3.40. The number of aromatic nitrogens is 2. The summed E-state index contributed by atoms with van der Waals surface area (Å²) in [5, 5.41) is 0.316. The lowest BCUT2D eigenvalue weighted by molar-refractivity contribution is 0.0997. The minimum atomic E-state index is -0.251. The fraction of sp³-hybridized carbons (Fsp3) is 0.111. The quantitative estimate of drug-likeness (QED) is 0.755. The van der Waals surface area contributed by atoms with Crippen molar-refractivity contribution in [3.05, 3.63) is 35.2 Å². The molecule has 0 amide bonds. The van der Waals surface area contributed by atoms with Crippen molar-refractivity contribution in [3.63, 3.8) is 0 Å². The molecule has 14 heavy (non-hydrogen) atoms. The number of imidazole rings is 1. The average molecular weight is 210 g/mol. The predicted molar refractivity (Wildman–Crippen MR) is 53.6 cm³/mol. The van der Waals surface area contributed by atoms with Gasteiger partial charge in [-0.25, -0.2) is 4.98 Å². The van der Waals surface area contributed by atoms with Crippen LogP contribution in [0.4, 0.5) is 0 Å². The van der Waals surface area contributed by atoms with Crippen molar-refractivity contribution in [1.82, 2.24) is 9.38 Å². The topological polar surface area (TPSA) is 60.4 Å².